The number of amides is 1. The van der Waals surface area contributed by atoms with Crippen LogP contribution in [0.15, 0.2) is 66.0 Å². The van der Waals surface area contributed by atoms with Gasteiger partial charge in [0, 0.05) is 36.7 Å². The summed E-state index contributed by atoms with van der Waals surface area (Å²) in [5.74, 6) is -0.208. The summed E-state index contributed by atoms with van der Waals surface area (Å²) in [6.07, 6.45) is 0. The standard InChI is InChI=1S/C24H26ClN3O2S/c25-21-8-2-1-7-20(21)24(29)27-19-6-3-5-18(15-19)16-26-17-22(23-9-4-14-31-23)28-10-12-30-13-11-28/h1-9,14-15,22,26H,10-13,16-17H2,(H,27,29)/t22-/m0/s1. The Balaban J connectivity index is 1.36. The van der Waals surface area contributed by atoms with Gasteiger partial charge < -0.3 is 15.4 Å². The molecule has 0 aliphatic carbocycles. The molecule has 2 aromatic carbocycles. The molecule has 1 fully saturated rings. The molecule has 0 unspecified atom stereocenters. The van der Waals surface area contributed by atoms with Gasteiger partial charge in [0.1, 0.15) is 0 Å². The minimum atomic E-state index is -0.208. The number of anilines is 1. The Morgan fingerprint density at radius 2 is 1.94 bits per heavy atom. The fourth-order valence-electron chi connectivity index (χ4n) is 3.74. The predicted molar refractivity (Wildman–Crippen MR) is 127 cm³/mol. The highest BCUT2D eigenvalue weighted by Gasteiger charge is 2.23. The number of ether oxygens (including phenoxy) is 1. The second-order valence-corrected chi connectivity index (χ2v) is 8.83. The number of hydrogen-bond donors (Lipinski definition) is 2. The SMILES string of the molecule is O=C(Nc1cccc(CNC[C@@H](c2cccs2)N2CCOCC2)c1)c1ccccc1Cl. The highest BCUT2D eigenvalue weighted by molar-refractivity contribution is 7.10. The molecule has 1 aromatic heterocycles. The number of benzene rings is 2. The van der Waals surface area contributed by atoms with Crippen molar-refractivity contribution in [3.8, 4) is 0 Å². The molecule has 162 valence electrons. The number of halogens is 1. The van der Waals surface area contributed by atoms with Crippen LogP contribution in [0.5, 0.6) is 0 Å². The van der Waals surface area contributed by atoms with Gasteiger partial charge in [-0.05, 0) is 41.3 Å². The predicted octanol–water partition coefficient (Wildman–Crippen LogP) is 4.82. The topological polar surface area (TPSA) is 53.6 Å². The first kappa shape index (κ1) is 22.0. The van der Waals surface area contributed by atoms with E-state index in [9.17, 15) is 4.79 Å². The lowest BCUT2D eigenvalue weighted by Crippen LogP contribution is -2.42. The third-order valence-corrected chi connectivity index (χ3v) is 6.63. The van der Waals surface area contributed by atoms with Gasteiger partial charge in [-0.1, -0.05) is 41.9 Å². The van der Waals surface area contributed by atoms with Crippen molar-refractivity contribution in [1.82, 2.24) is 10.2 Å². The summed E-state index contributed by atoms with van der Waals surface area (Å²) in [6, 6.07) is 19.6. The average molecular weight is 456 g/mol. The van der Waals surface area contributed by atoms with E-state index in [4.69, 9.17) is 16.3 Å². The molecule has 5 nitrogen and oxygen atoms in total. The van der Waals surface area contributed by atoms with Gasteiger partial charge in [-0.2, -0.15) is 0 Å². The molecule has 2 heterocycles. The third kappa shape index (κ3) is 5.93. The van der Waals surface area contributed by atoms with E-state index in [0.29, 0.717) is 16.6 Å². The van der Waals surface area contributed by atoms with Crippen LogP contribution in [-0.2, 0) is 11.3 Å². The van der Waals surface area contributed by atoms with E-state index in [2.05, 4.69) is 39.1 Å². The van der Waals surface area contributed by atoms with E-state index in [1.165, 1.54) is 4.88 Å². The van der Waals surface area contributed by atoms with Crippen molar-refractivity contribution in [1.29, 1.82) is 0 Å². The smallest absolute Gasteiger partial charge is 0.257 e. The van der Waals surface area contributed by atoms with E-state index in [-0.39, 0.29) is 5.91 Å². The molecule has 3 aromatic rings. The number of rotatable bonds is 8. The molecule has 0 bridgehead atoms. The monoisotopic (exact) mass is 455 g/mol. The Labute approximate surface area is 192 Å². The second kappa shape index (κ2) is 10.9. The van der Waals surface area contributed by atoms with Crippen molar-refractivity contribution in [2.45, 2.75) is 12.6 Å². The molecule has 0 radical (unpaired) electrons. The first-order valence-electron chi connectivity index (χ1n) is 10.4. The van der Waals surface area contributed by atoms with Gasteiger partial charge in [-0.3, -0.25) is 9.69 Å². The summed E-state index contributed by atoms with van der Waals surface area (Å²) in [4.78, 5) is 16.4. The quantitative estimate of drug-likeness (QED) is 0.511. The summed E-state index contributed by atoms with van der Waals surface area (Å²) >= 11 is 7.94. The second-order valence-electron chi connectivity index (χ2n) is 7.44. The van der Waals surface area contributed by atoms with Crippen LogP contribution in [0.25, 0.3) is 0 Å². The molecule has 7 heteroatoms. The number of carbonyl (C=O) groups is 1. The van der Waals surface area contributed by atoms with E-state index >= 15 is 0 Å². The Morgan fingerprint density at radius 1 is 1.10 bits per heavy atom. The number of hydrogen-bond acceptors (Lipinski definition) is 5. The van der Waals surface area contributed by atoms with Gasteiger partial charge in [0.15, 0.2) is 0 Å². The Hall–Kier alpha value is -2.22. The van der Waals surface area contributed by atoms with Crippen LogP contribution in [0.2, 0.25) is 5.02 Å². The third-order valence-electron chi connectivity index (χ3n) is 5.33. The van der Waals surface area contributed by atoms with Gasteiger partial charge in [0.05, 0.1) is 29.8 Å². The van der Waals surface area contributed by atoms with Crippen LogP contribution in [0.3, 0.4) is 0 Å². The Kier molecular flexibility index (Phi) is 7.72. The van der Waals surface area contributed by atoms with Crippen molar-refractivity contribution in [3.63, 3.8) is 0 Å². The number of nitrogens with one attached hydrogen (secondary N) is 2. The van der Waals surface area contributed by atoms with Crippen molar-refractivity contribution in [2.24, 2.45) is 0 Å². The normalized spacial score (nSPS) is 15.5. The molecule has 1 amide bonds. The zero-order valence-corrected chi connectivity index (χ0v) is 18.8. The maximum Gasteiger partial charge on any atom is 0.257 e. The number of thiophene rings is 1. The van der Waals surface area contributed by atoms with Crippen molar-refractivity contribution in [3.05, 3.63) is 87.1 Å². The molecule has 1 aliphatic rings. The lowest BCUT2D eigenvalue weighted by atomic mass is 10.1. The van der Waals surface area contributed by atoms with E-state index in [1.54, 1.807) is 29.5 Å². The van der Waals surface area contributed by atoms with E-state index in [0.717, 1.165) is 50.6 Å². The first-order chi connectivity index (χ1) is 15.2. The minimum absolute atomic E-state index is 0.208. The molecule has 1 atom stereocenters. The summed E-state index contributed by atoms with van der Waals surface area (Å²) in [5, 5.41) is 9.12. The molecular formula is C24H26ClN3O2S. The molecule has 31 heavy (non-hydrogen) atoms. The fourth-order valence-corrected chi connectivity index (χ4v) is 4.82. The average Bonchev–Trinajstić information content (AvgIpc) is 3.32. The maximum absolute atomic E-state index is 12.5. The summed E-state index contributed by atoms with van der Waals surface area (Å²) < 4.78 is 5.52. The molecular weight excluding hydrogens is 430 g/mol. The van der Waals surface area contributed by atoms with Crippen molar-refractivity contribution >= 4 is 34.5 Å². The Bertz CT molecular complexity index is 990. The van der Waals surface area contributed by atoms with Crippen molar-refractivity contribution < 1.29 is 9.53 Å². The highest BCUT2D eigenvalue weighted by Crippen LogP contribution is 2.25. The van der Waals surface area contributed by atoms with Gasteiger partial charge in [0.2, 0.25) is 0 Å². The lowest BCUT2D eigenvalue weighted by molar-refractivity contribution is 0.0168. The van der Waals surface area contributed by atoms with Crippen LogP contribution < -0.4 is 10.6 Å². The maximum atomic E-state index is 12.5. The molecule has 0 saturated carbocycles. The molecule has 4 rings (SSSR count). The largest absolute Gasteiger partial charge is 0.379 e. The summed E-state index contributed by atoms with van der Waals surface area (Å²) in [5.41, 5.74) is 2.34. The van der Waals surface area contributed by atoms with Gasteiger partial charge >= 0.3 is 0 Å². The van der Waals surface area contributed by atoms with Crippen LogP contribution >= 0.6 is 22.9 Å². The van der Waals surface area contributed by atoms with Crippen LogP contribution in [0.4, 0.5) is 5.69 Å². The minimum Gasteiger partial charge on any atom is -0.379 e. The number of morpholine rings is 1. The molecule has 1 aliphatic heterocycles. The van der Waals surface area contributed by atoms with Crippen LogP contribution in [-0.4, -0.2) is 43.7 Å². The van der Waals surface area contributed by atoms with Gasteiger partial charge in [-0.25, -0.2) is 0 Å². The zero-order chi connectivity index (χ0) is 21.5. The number of carbonyl (C=O) groups excluding carboxylic acids is 1. The van der Waals surface area contributed by atoms with Crippen molar-refractivity contribution in [2.75, 3.05) is 38.2 Å². The molecule has 2 N–H and O–H groups in total. The fraction of sp³-hybridized carbons (Fsp3) is 0.292. The lowest BCUT2D eigenvalue weighted by Gasteiger charge is -2.34. The van der Waals surface area contributed by atoms with Crippen LogP contribution in [0, 0.1) is 0 Å². The van der Waals surface area contributed by atoms with Gasteiger partial charge in [0.25, 0.3) is 5.91 Å². The summed E-state index contributed by atoms with van der Waals surface area (Å²) in [6.45, 7) is 5.06. The Morgan fingerprint density at radius 3 is 2.71 bits per heavy atom. The number of nitrogens with zero attached hydrogens (tertiary/aromatic N) is 1. The first-order valence-corrected chi connectivity index (χ1v) is 11.7. The molecule has 1 saturated heterocycles. The van der Waals surface area contributed by atoms with E-state index < -0.39 is 0 Å². The summed E-state index contributed by atoms with van der Waals surface area (Å²) in [7, 11) is 0. The zero-order valence-electron chi connectivity index (χ0n) is 17.2. The molecule has 0 spiro atoms. The van der Waals surface area contributed by atoms with E-state index in [1.807, 2.05) is 24.3 Å². The highest BCUT2D eigenvalue weighted by atomic mass is 35.5. The van der Waals surface area contributed by atoms with Crippen LogP contribution in [0.1, 0.15) is 26.8 Å². The van der Waals surface area contributed by atoms with Gasteiger partial charge in [-0.15, -0.1) is 11.3 Å².